The molecule has 17 heavy (non-hydrogen) atoms. The van der Waals surface area contributed by atoms with E-state index in [0.29, 0.717) is 11.6 Å². The first kappa shape index (κ1) is 14.9. The van der Waals surface area contributed by atoms with Crippen LogP contribution < -0.4 is 5.32 Å². The Morgan fingerprint density at radius 1 is 1.18 bits per heavy atom. The number of rotatable bonds is 5. The van der Waals surface area contributed by atoms with Gasteiger partial charge in [-0.3, -0.25) is 4.90 Å². The molecule has 0 radical (unpaired) electrons. The summed E-state index contributed by atoms with van der Waals surface area (Å²) in [5, 5.41) is 3.52. The molecule has 0 saturated carbocycles. The molecule has 0 bridgehead atoms. The number of piperidine rings is 1. The van der Waals surface area contributed by atoms with Gasteiger partial charge in [-0.25, -0.2) is 0 Å². The molecule has 0 aromatic carbocycles. The molecule has 0 aromatic heterocycles. The standard InChI is InChI=1S/C13H28N2O2/c1-13(2,3)15-8-6-11(7-9-15)14-10-12(16-4)17-5/h11-12,14H,6-10H2,1-5H3. The van der Waals surface area contributed by atoms with Gasteiger partial charge in [0.2, 0.25) is 0 Å². The zero-order valence-corrected chi connectivity index (χ0v) is 12.0. The van der Waals surface area contributed by atoms with Crippen LogP contribution in [0.5, 0.6) is 0 Å². The van der Waals surface area contributed by atoms with E-state index in [0.717, 1.165) is 6.54 Å². The van der Waals surface area contributed by atoms with Crippen molar-refractivity contribution in [3.8, 4) is 0 Å². The molecule has 0 aromatic rings. The van der Waals surface area contributed by atoms with Gasteiger partial charge in [0.05, 0.1) is 0 Å². The van der Waals surface area contributed by atoms with E-state index in [-0.39, 0.29) is 6.29 Å². The quantitative estimate of drug-likeness (QED) is 0.742. The first-order valence-electron chi connectivity index (χ1n) is 6.51. The minimum atomic E-state index is -0.129. The second-order valence-electron chi connectivity index (χ2n) is 5.74. The normalized spacial score (nSPS) is 20.1. The summed E-state index contributed by atoms with van der Waals surface area (Å²) in [7, 11) is 3.36. The molecule has 102 valence electrons. The fourth-order valence-corrected chi connectivity index (χ4v) is 2.28. The van der Waals surface area contributed by atoms with Crippen LogP contribution in [0.1, 0.15) is 33.6 Å². The largest absolute Gasteiger partial charge is 0.355 e. The topological polar surface area (TPSA) is 33.7 Å². The summed E-state index contributed by atoms with van der Waals surface area (Å²) >= 11 is 0. The monoisotopic (exact) mass is 244 g/mol. The van der Waals surface area contributed by atoms with E-state index < -0.39 is 0 Å². The summed E-state index contributed by atoms with van der Waals surface area (Å²) in [5.41, 5.74) is 0.298. The molecule has 1 heterocycles. The third-order valence-corrected chi connectivity index (χ3v) is 3.54. The van der Waals surface area contributed by atoms with Crippen molar-refractivity contribution in [2.45, 2.75) is 51.5 Å². The number of nitrogens with one attached hydrogen (secondary N) is 1. The molecule has 4 nitrogen and oxygen atoms in total. The lowest BCUT2D eigenvalue weighted by molar-refractivity contribution is -0.101. The van der Waals surface area contributed by atoms with Crippen molar-refractivity contribution < 1.29 is 9.47 Å². The molecule has 1 saturated heterocycles. The van der Waals surface area contributed by atoms with Crippen LogP contribution in [0.3, 0.4) is 0 Å². The highest BCUT2D eigenvalue weighted by Crippen LogP contribution is 2.19. The van der Waals surface area contributed by atoms with Crippen molar-refractivity contribution in [1.29, 1.82) is 0 Å². The number of hydrogen-bond donors (Lipinski definition) is 1. The summed E-state index contributed by atoms with van der Waals surface area (Å²) in [6.07, 6.45) is 2.28. The van der Waals surface area contributed by atoms with Crippen molar-refractivity contribution in [2.75, 3.05) is 33.9 Å². The van der Waals surface area contributed by atoms with Gasteiger partial charge in [0, 0.05) is 45.4 Å². The molecule has 1 fully saturated rings. The Kier molecular flexibility index (Phi) is 5.86. The minimum absolute atomic E-state index is 0.129. The first-order chi connectivity index (χ1) is 7.97. The molecule has 0 amide bonds. The van der Waals surface area contributed by atoms with Crippen LogP contribution in [0, 0.1) is 0 Å². The average Bonchev–Trinajstić information content (AvgIpc) is 2.30. The summed E-state index contributed by atoms with van der Waals surface area (Å²) in [6.45, 7) is 9.97. The minimum Gasteiger partial charge on any atom is -0.355 e. The van der Waals surface area contributed by atoms with Crippen LogP contribution >= 0.6 is 0 Å². The molecule has 0 atom stereocenters. The van der Waals surface area contributed by atoms with E-state index in [1.807, 2.05) is 0 Å². The lowest BCUT2D eigenvalue weighted by atomic mass is 9.98. The van der Waals surface area contributed by atoms with Crippen molar-refractivity contribution in [3.63, 3.8) is 0 Å². The second kappa shape index (κ2) is 6.69. The second-order valence-corrected chi connectivity index (χ2v) is 5.74. The molecule has 0 spiro atoms. The van der Waals surface area contributed by atoms with Gasteiger partial charge in [0.1, 0.15) is 0 Å². The maximum Gasteiger partial charge on any atom is 0.169 e. The van der Waals surface area contributed by atoms with E-state index in [1.165, 1.54) is 25.9 Å². The van der Waals surface area contributed by atoms with Crippen LogP contribution in [-0.4, -0.2) is 56.6 Å². The highest BCUT2D eigenvalue weighted by atomic mass is 16.7. The Bertz CT molecular complexity index is 204. The molecule has 0 unspecified atom stereocenters. The Morgan fingerprint density at radius 2 is 1.71 bits per heavy atom. The molecular formula is C13H28N2O2. The van der Waals surface area contributed by atoms with Gasteiger partial charge in [0.25, 0.3) is 0 Å². The number of ether oxygens (including phenoxy) is 2. The third-order valence-electron chi connectivity index (χ3n) is 3.54. The van der Waals surface area contributed by atoms with E-state index in [2.05, 4.69) is 31.0 Å². The summed E-state index contributed by atoms with van der Waals surface area (Å²) in [4.78, 5) is 2.55. The van der Waals surface area contributed by atoms with Crippen molar-refractivity contribution in [2.24, 2.45) is 0 Å². The Hall–Kier alpha value is -0.160. The zero-order chi connectivity index (χ0) is 12.9. The van der Waals surface area contributed by atoms with Crippen molar-refractivity contribution in [1.82, 2.24) is 10.2 Å². The van der Waals surface area contributed by atoms with Crippen molar-refractivity contribution in [3.05, 3.63) is 0 Å². The predicted molar refractivity (Wildman–Crippen MR) is 70.2 cm³/mol. The van der Waals surface area contributed by atoms with E-state index in [1.54, 1.807) is 14.2 Å². The van der Waals surface area contributed by atoms with Crippen molar-refractivity contribution >= 4 is 0 Å². The Balaban J connectivity index is 2.23. The molecule has 1 rings (SSSR count). The fourth-order valence-electron chi connectivity index (χ4n) is 2.28. The zero-order valence-electron chi connectivity index (χ0n) is 12.0. The van der Waals surface area contributed by atoms with Gasteiger partial charge in [-0.15, -0.1) is 0 Å². The summed E-state index contributed by atoms with van der Waals surface area (Å²) in [5.74, 6) is 0. The molecular weight excluding hydrogens is 216 g/mol. The van der Waals surface area contributed by atoms with Crippen LogP contribution in [0.15, 0.2) is 0 Å². The number of hydrogen-bond acceptors (Lipinski definition) is 4. The Morgan fingerprint density at radius 3 is 2.12 bits per heavy atom. The van der Waals surface area contributed by atoms with Gasteiger partial charge in [-0.2, -0.15) is 0 Å². The highest BCUT2D eigenvalue weighted by molar-refractivity contribution is 4.84. The summed E-state index contributed by atoms with van der Waals surface area (Å²) in [6, 6.07) is 0.599. The average molecular weight is 244 g/mol. The maximum atomic E-state index is 5.17. The van der Waals surface area contributed by atoms with Gasteiger partial charge in [-0.1, -0.05) is 0 Å². The molecule has 4 heteroatoms. The van der Waals surface area contributed by atoms with Gasteiger partial charge >= 0.3 is 0 Å². The molecule has 0 aliphatic carbocycles. The SMILES string of the molecule is COC(CNC1CCN(C(C)(C)C)CC1)OC. The van der Waals surface area contributed by atoms with Gasteiger partial charge < -0.3 is 14.8 Å². The smallest absolute Gasteiger partial charge is 0.169 e. The predicted octanol–water partition coefficient (Wildman–Crippen LogP) is 1.46. The lowest BCUT2D eigenvalue weighted by Crippen LogP contribution is -2.50. The number of nitrogens with zero attached hydrogens (tertiary/aromatic N) is 1. The number of methoxy groups -OCH3 is 2. The van der Waals surface area contributed by atoms with Gasteiger partial charge in [-0.05, 0) is 33.6 Å². The Labute approximate surface area is 106 Å². The van der Waals surface area contributed by atoms with Crippen LogP contribution in [0.25, 0.3) is 0 Å². The fraction of sp³-hybridized carbons (Fsp3) is 1.00. The summed E-state index contributed by atoms with van der Waals surface area (Å²) < 4.78 is 10.3. The molecule has 1 aliphatic rings. The van der Waals surface area contributed by atoms with Crippen LogP contribution in [0.2, 0.25) is 0 Å². The number of likely N-dealkylation sites (tertiary alicyclic amines) is 1. The lowest BCUT2D eigenvalue weighted by Gasteiger charge is -2.41. The van der Waals surface area contributed by atoms with E-state index in [4.69, 9.17) is 9.47 Å². The van der Waals surface area contributed by atoms with Crippen LogP contribution in [0.4, 0.5) is 0 Å². The third kappa shape index (κ3) is 4.92. The first-order valence-corrected chi connectivity index (χ1v) is 6.51. The molecule has 1 aliphatic heterocycles. The highest BCUT2D eigenvalue weighted by Gasteiger charge is 2.26. The van der Waals surface area contributed by atoms with Gasteiger partial charge in [0.15, 0.2) is 6.29 Å². The van der Waals surface area contributed by atoms with E-state index >= 15 is 0 Å². The molecule has 1 N–H and O–H groups in total. The van der Waals surface area contributed by atoms with Crippen LogP contribution in [-0.2, 0) is 9.47 Å². The van der Waals surface area contributed by atoms with E-state index in [9.17, 15) is 0 Å². The maximum absolute atomic E-state index is 5.17.